The molecule has 0 saturated heterocycles. The summed E-state index contributed by atoms with van der Waals surface area (Å²) in [7, 11) is 2.85. The van der Waals surface area contributed by atoms with Crippen LogP contribution in [-0.2, 0) is 19.1 Å². The SMILES string of the molecule is CC(C)CCC[C@H](C)[C@H]1CCC2C3CC=C4CC(OC(=O)Nc5ccc6c(c5O)C(O)=C5C(=O)[C@]7(O)C(O)=C(C(N)=O)C(=O)[C@@H](N(C)C)[C@@H]7[C@@H](O)[C@@H]5[C@H]6N)CC[C@]4(C)C3CC[C@@]21C. The Morgan fingerprint density at radius 1 is 1.00 bits per heavy atom. The molecule has 8 rings (SSSR count). The fourth-order valence-corrected chi connectivity index (χ4v) is 14.5. The summed E-state index contributed by atoms with van der Waals surface area (Å²) in [4.78, 5) is 54.9. The second-order valence-electron chi connectivity index (χ2n) is 21.4. The zero-order chi connectivity index (χ0) is 45.8. The molecule has 10 N–H and O–H groups in total. The molecule has 7 aliphatic rings. The van der Waals surface area contributed by atoms with E-state index in [1.807, 2.05) is 0 Å². The summed E-state index contributed by atoms with van der Waals surface area (Å²) in [6, 6.07) is 0.0310. The van der Waals surface area contributed by atoms with Crippen molar-refractivity contribution < 1.29 is 49.4 Å². The first-order valence-electron chi connectivity index (χ1n) is 23.2. The predicted octanol–water partition coefficient (Wildman–Crippen LogP) is 6.35. The van der Waals surface area contributed by atoms with Crippen molar-refractivity contribution >= 4 is 35.0 Å². The molecule has 344 valence electrons. The number of Topliss-reactive ketones (excluding diaryl/α,β-unsaturated/α-hetero) is 2. The molecular formula is C49H68N4O10. The van der Waals surface area contributed by atoms with Crippen LogP contribution in [0.4, 0.5) is 10.5 Å². The maximum Gasteiger partial charge on any atom is 0.412 e. The Morgan fingerprint density at radius 2 is 1.71 bits per heavy atom. The molecule has 0 bridgehead atoms. The van der Waals surface area contributed by atoms with Gasteiger partial charge in [-0.25, -0.2) is 4.79 Å². The van der Waals surface area contributed by atoms with E-state index in [1.165, 1.54) is 81.6 Å². The number of benzene rings is 1. The van der Waals surface area contributed by atoms with Gasteiger partial charge >= 0.3 is 6.09 Å². The van der Waals surface area contributed by atoms with Gasteiger partial charge in [0, 0.05) is 24.0 Å². The second-order valence-corrected chi connectivity index (χ2v) is 21.4. The van der Waals surface area contributed by atoms with Crippen molar-refractivity contribution in [2.45, 2.75) is 135 Å². The van der Waals surface area contributed by atoms with Gasteiger partial charge in [0.2, 0.25) is 5.78 Å². The van der Waals surface area contributed by atoms with Gasteiger partial charge < -0.3 is 41.7 Å². The predicted molar refractivity (Wildman–Crippen MR) is 236 cm³/mol. The standard InChI is InChI=1S/C49H68N4O10/c1-22(2)9-8-10-23(3)28-14-15-29-26-12-11-24-21-25(17-19-47(24,4)30(26)18-20-48(28,29)5)63-46(61)52-31-16-13-27-32(39(31)54)40(55)34-33(37(27)50)41(56)36-38(53(6)7)42(57)35(45(51)60)44(59)49(36,62)43(34)58/h11,13,16,22-23,25-26,28-30,33,36-38,41,54-56,59,62H,8-10,12,14-15,17-21,50H2,1-7H3,(H2,51,60)(H,52,61)/t23-,25?,26?,28+,29?,30?,33-,36+,37-,38-,41-,47-,48+,49-/m0/s1. The van der Waals surface area contributed by atoms with Crippen LogP contribution in [0.5, 0.6) is 5.75 Å². The van der Waals surface area contributed by atoms with Crippen LogP contribution in [0, 0.1) is 58.2 Å². The molecule has 4 unspecified atom stereocenters. The molecule has 63 heavy (non-hydrogen) atoms. The van der Waals surface area contributed by atoms with E-state index in [0.29, 0.717) is 30.1 Å². The number of aliphatic hydroxyl groups is 4. The summed E-state index contributed by atoms with van der Waals surface area (Å²) < 4.78 is 5.99. The van der Waals surface area contributed by atoms with Gasteiger partial charge in [-0.1, -0.05) is 71.6 Å². The molecular weight excluding hydrogens is 805 g/mol. The molecule has 4 saturated carbocycles. The third kappa shape index (κ3) is 6.78. The van der Waals surface area contributed by atoms with Crippen LogP contribution in [0.25, 0.3) is 5.76 Å². The van der Waals surface area contributed by atoms with Crippen LogP contribution in [-0.4, -0.2) is 91.9 Å². The number of nitrogens with zero attached hydrogens (tertiary/aromatic N) is 1. The maximum absolute atomic E-state index is 14.3. The highest BCUT2D eigenvalue weighted by Crippen LogP contribution is 2.67. The number of primary amides is 1. The number of likely N-dealkylation sites (N-methyl/N-ethyl adjacent to an activating group) is 1. The van der Waals surface area contributed by atoms with Crippen LogP contribution >= 0.6 is 0 Å². The number of anilines is 1. The Kier molecular flexibility index (Phi) is 11.5. The van der Waals surface area contributed by atoms with Crippen molar-refractivity contribution in [1.82, 2.24) is 4.90 Å². The van der Waals surface area contributed by atoms with E-state index in [0.717, 1.165) is 36.5 Å². The van der Waals surface area contributed by atoms with E-state index in [1.54, 1.807) is 0 Å². The van der Waals surface area contributed by atoms with Gasteiger partial charge in [0.25, 0.3) is 5.91 Å². The number of nitrogens with two attached hydrogens (primary N) is 2. The minimum absolute atomic E-state index is 0.0474. The number of phenolic OH excluding ortho intramolecular Hbond substituents is 1. The maximum atomic E-state index is 14.3. The van der Waals surface area contributed by atoms with Crippen LogP contribution in [0.2, 0.25) is 0 Å². The molecule has 1 aromatic carbocycles. The highest BCUT2D eigenvalue weighted by Gasteiger charge is 2.68. The van der Waals surface area contributed by atoms with E-state index in [2.05, 4.69) is 46.0 Å². The normalized spacial score (nSPS) is 38.8. The van der Waals surface area contributed by atoms with Crippen molar-refractivity contribution in [2.75, 3.05) is 19.4 Å². The first-order chi connectivity index (χ1) is 29.6. The minimum atomic E-state index is -3.08. The number of nitrogens with one attached hydrogen (secondary N) is 1. The lowest BCUT2D eigenvalue weighted by molar-refractivity contribution is -0.169. The van der Waals surface area contributed by atoms with Crippen molar-refractivity contribution in [3.63, 3.8) is 0 Å². The van der Waals surface area contributed by atoms with Gasteiger partial charge in [0.05, 0.1) is 29.3 Å². The first kappa shape index (κ1) is 45.3. The number of fused-ring (bicyclic) bond motifs is 8. The number of ketones is 2. The number of allylic oxidation sites excluding steroid dienone is 1. The van der Waals surface area contributed by atoms with Gasteiger partial charge in [-0.3, -0.25) is 24.6 Å². The number of hydrogen-bond donors (Lipinski definition) is 8. The number of amides is 2. The molecule has 2 amide bonds. The molecule has 0 radical (unpaired) electrons. The summed E-state index contributed by atoms with van der Waals surface area (Å²) in [6.07, 6.45) is 11.8. The van der Waals surface area contributed by atoms with E-state index in [-0.39, 0.29) is 22.2 Å². The summed E-state index contributed by atoms with van der Waals surface area (Å²) >= 11 is 0. The van der Waals surface area contributed by atoms with Gasteiger partial charge in [0.15, 0.2) is 11.4 Å². The number of carbonyl (C=O) groups is 4. The number of ether oxygens (including phenoxy) is 1. The average molecular weight is 873 g/mol. The molecule has 14 heteroatoms. The Bertz CT molecular complexity index is 2200. The lowest BCUT2D eigenvalue weighted by Gasteiger charge is -2.58. The Labute approximate surface area is 370 Å². The quantitative estimate of drug-likeness (QED) is 0.0769. The van der Waals surface area contributed by atoms with E-state index in [4.69, 9.17) is 16.2 Å². The Balaban J connectivity index is 0.985. The smallest absolute Gasteiger partial charge is 0.412 e. The Hall–Kier alpha value is -4.24. The van der Waals surface area contributed by atoms with Crippen molar-refractivity contribution in [2.24, 2.45) is 69.6 Å². The third-order valence-electron chi connectivity index (χ3n) is 17.6. The zero-order valence-corrected chi connectivity index (χ0v) is 37.8. The Morgan fingerprint density at radius 3 is 2.38 bits per heavy atom. The second kappa shape index (κ2) is 16.0. The third-order valence-corrected chi connectivity index (χ3v) is 17.6. The van der Waals surface area contributed by atoms with Gasteiger partial charge in [-0.05, 0) is 117 Å². The van der Waals surface area contributed by atoms with Crippen LogP contribution in [0.15, 0.2) is 40.7 Å². The van der Waals surface area contributed by atoms with Crippen LogP contribution in [0.1, 0.15) is 122 Å². The molecule has 0 heterocycles. The molecule has 4 fully saturated rings. The number of rotatable bonds is 9. The van der Waals surface area contributed by atoms with Crippen LogP contribution < -0.4 is 16.8 Å². The topological polar surface area (TPSA) is 246 Å². The highest BCUT2D eigenvalue weighted by molar-refractivity contribution is 6.24. The lowest BCUT2D eigenvalue weighted by atomic mass is 9.47. The number of carbonyl (C=O) groups excluding carboxylic acids is 4. The summed E-state index contributed by atoms with van der Waals surface area (Å²) in [5, 5.41) is 60.9. The minimum Gasteiger partial charge on any atom is -0.508 e. The first-order valence-corrected chi connectivity index (χ1v) is 23.2. The van der Waals surface area contributed by atoms with E-state index < -0.39 is 93.7 Å². The largest absolute Gasteiger partial charge is 0.508 e. The molecule has 1 aromatic rings. The molecule has 0 aromatic heterocycles. The van der Waals surface area contributed by atoms with Gasteiger partial charge in [0.1, 0.15) is 28.9 Å². The van der Waals surface area contributed by atoms with Gasteiger partial charge in [-0.15, -0.1) is 0 Å². The highest BCUT2D eigenvalue weighted by atomic mass is 16.6. The fraction of sp³-hybridized carbons (Fsp3) is 0.673. The zero-order valence-electron chi connectivity index (χ0n) is 37.8. The molecule has 0 spiro atoms. The molecule has 7 aliphatic carbocycles. The fourth-order valence-electron chi connectivity index (χ4n) is 14.5. The van der Waals surface area contributed by atoms with Crippen LogP contribution in [0.3, 0.4) is 0 Å². The van der Waals surface area contributed by atoms with Gasteiger partial charge in [-0.2, -0.15) is 0 Å². The van der Waals surface area contributed by atoms with E-state index >= 15 is 0 Å². The lowest BCUT2D eigenvalue weighted by Crippen LogP contribution is -2.70. The summed E-state index contributed by atoms with van der Waals surface area (Å²) in [5.74, 6) is -5.46. The number of hydrogen-bond acceptors (Lipinski definition) is 12. The molecule has 14 nitrogen and oxygen atoms in total. The molecule has 14 atom stereocenters. The molecule has 0 aliphatic heterocycles. The van der Waals surface area contributed by atoms with Crippen molar-refractivity contribution in [3.8, 4) is 5.75 Å². The van der Waals surface area contributed by atoms with E-state index in [9.17, 15) is 44.7 Å². The monoisotopic (exact) mass is 872 g/mol. The summed E-state index contributed by atoms with van der Waals surface area (Å²) in [6.45, 7) is 12.2. The number of phenols is 1. The number of aromatic hydroxyl groups is 1. The number of aliphatic hydroxyl groups excluding tert-OH is 3. The average Bonchev–Trinajstić information content (AvgIpc) is 3.57. The van der Waals surface area contributed by atoms with Crippen molar-refractivity contribution in [3.05, 3.63) is 51.8 Å². The summed E-state index contributed by atoms with van der Waals surface area (Å²) in [5.41, 5.74) is 8.77. The van der Waals surface area contributed by atoms with Crippen molar-refractivity contribution in [1.29, 1.82) is 0 Å².